The molecule has 98 valence electrons. The van der Waals surface area contributed by atoms with Gasteiger partial charge in [-0.3, -0.25) is 0 Å². The van der Waals surface area contributed by atoms with Crippen LogP contribution in [0.4, 0.5) is 5.69 Å². The molecule has 2 aromatic rings. The summed E-state index contributed by atoms with van der Waals surface area (Å²) < 4.78 is 0. The Morgan fingerprint density at radius 1 is 1.26 bits per heavy atom. The van der Waals surface area contributed by atoms with Crippen molar-refractivity contribution in [3.63, 3.8) is 0 Å². The average Bonchev–Trinajstić information content (AvgIpc) is 2.84. The number of rotatable bonds is 3. The van der Waals surface area contributed by atoms with Gasteiger partial charge in [0.15, 0.2) is 0 Å². The zero-order chi connectivity index (χ0) is 13.7. The molecule has 0 saturated carbocycles. The van der Waals surface area contributed by atoms with E-state index >= 15 is 0 Å². The summed E-state index contributed by atoms with van der Waals surface area (Å²) in [5.74, 6) is 5.71. The van der Waals surface area contributed by atoms with E-state index in [0.29, 0.717) is 0 Å². The van der Waals surface area contributed by atoms with Crippen molar-refractivity contribution in [1.29, 1.82) is 0 Å². The third-order valence-electron chi connectivity index (χ3n) is 2.96. The zero-order valence-corrected chi connectivity index (χ0v) is 12.0. The Kier molecular flexibility index (Phi) is 4.62. The van der Waals surface area contributed by atoms with Crippen LogP contribution in [0.15, 0.2) is 35.7 Å². The van der Waals surface area contributed by atoms with Gasteiger partial charge in [-0.2, -0.15) is 0 Å². The maximum atomic E-state index is 8.77. The largest absolute Gasteiger partial charge is 0.384 e. The fourth-order valence-electron chi connectivity index (χ4n) is 2.00. The lowest BCUT2D eigenvalue weighted by Crippen LogP contribution is -2.17. The molecule has 0 aliphatic carbocycles. The van der Waals surface area contributed by atoms with Crippen molar-refractivity contribution in [2.75, 3.05) is 18.6 Å². The molecule has 0 radical (unpaired) electrons. The fraction of sp³-hybridized carbons (Fsp3) is 0.250. The number of hydrogen-bond donors (Lipinski definition) is 1. The van der Waals surface area contributed by atoms with E-state index in [0.717, 1.165) is 12.1 Å². The van der Waals surface area contributed by atoms with E-state index in [1.165, 1.54) is 16.1 Å². The molecule has 0 aliphatic heterocycles. The van der Waals surface area contributed by atoms with Gasteiger partial charge in [0.1, 0.15) is 6.61 Å². The Morgan fingerprint density at radius 2 is 2.05 bits per heavy atom. The van der Waals surface area contributed by atoms with E-state index in [2.05, 4.69) is 55.0 Å². The second-order valence-electron chi connectivity index (χ2n) is 4.36. The van der Waals surface area contributed by atoms with Gasteiger partial charge in [-0.1, -0.05) is 30.0 Å². The van der Waals surface area contributed by atoms with E-state index < -0.39 is 0 Å². The summed E-state index contributed by atoms with van der Waals surface area (Å²) >= 11 is 1.70. The lowest BCUT2D eigenvalue weighted by atomic mass is 10.2. The molecule has 2 nitrogen and oxygen atoms in total. The second kappa shape index (κ2) is 6.42. The van der Waals surface area contributed by atoms with E-state index in [1.54, 1.807) is 11.3 Å². The van der Waals surface area contributed by atoms with Crippen molar-refractivity contribution < 1.29 is 5.11 Å². The summed E-state index contributed by atoms with van der Waals surface area (Å²) in [6.07, 6.45) is 0. The first-order chi connectivity index (χ1) is 9.22. The fourth-order valence-corrected chi connectivity index (χ4v) is 2.88. The first kappa shape index (κ1) is 13.7. The highest BCUT2D eigenvalue weighted by Crippen LogP contribution is 2.23. The van der Waals surface area contributed by atoms with Gasteiger partial charge in [0.25, 0.3) is 0 Å². The first-order valence-corrected chi connectivity index (χ1v) is 7.03. The Balaban J connectivity index is 2.18. The number of hydrogen-bond acceptors (Lipinski definition) is 3. The average molecular weight is 271 g/mol. The normalized spacial score (nSPS) is 9.84. The van der Waals surface area contributed by atoms with Crippen LogP contribution in [-0.4, -0.2) is 18.8 Å². The summed E-state index contributed by atoms with van der Waals surface area (Å²) in [6, 6.07) is 10.4. The minimum Gasteiger partial charge on any atom is -0.384 e. The minimum absolute atomic E-state index is 0.0943. The second-order valence-corrected chi connectivity index (χ2v) is 5.36. The third-order valence-corrected chi connectivity index (χ3v) is 3.86. The predicted molar refractivity (Wildman–Crippen MR) is 81.6 cm³/mol. The van der Waals surface area contributed by atoms with Crippen LogP contribution in [0.3, 0.4) is 0 Å². The maximum Gasteiger partial charge on any atom is 0.104 e. The van der Waals surface area contributed by atoms with Crippen LogP contribution in [-0.2, 0) is 6.54 Å². The van der Waals surface area contributed by atoms with Gasteiger partial charge >= 0.3 is 0 Å². The zero-order valence-electron chi connectivity index (χ0n) is 11.2. The van der Waals surface area contributed by atoms with Crippen LogP contribution >= 0.6 is 11.3 Å². The topological polar surface area (TPSA) is 23.5 Å². The van der Waals surface area contributed by atoms with Crippen LogP contribution in [0.1, 0.15) is 16.0 Å². The van der Waals surface area contributed by atoms with Crippen molar-refractivity contribution in [3.8, 4) is 11.8 Å². The van der Waals surface area contributed by atoms with E-state index in [-0.39, 0.29) is 6.61 Å². The van der Waals surface area contributed by atoms with Gasteiger partial charge in [-0.25, -0.2) is 0 Å². The molecule has 0 aliphatic rings. The smallest absolute Gasteiger partial charge is 0.104 e. The number of aryl methyl sites for hydroxylation is 1. The van der Waals surface area contributed by atoms with Crippen molar-refractivity contribution in [2.45, 2.75) is 13.5 Å². The highest BCUT2D eigenvalue weighted by atomic mass is 32.1. The number of aliphatic hydroxyl groups excluding tert-OH is 1. The van der Waals surface area contributed by atoms with Gasteiger partial charge in [0.2, 0.25) is 0 Å². The minimum atomic E-state index is -0.0943. The summed E-state index contributed by atoms with van der Waals surface area (Å²) in [5, 5.41) is 10.8. The molecule has 1 heterocycles. The quantitative estimate of drug-likeness (QED) is 0.867. The monoisotopic (exact) mass is 271 g/mol. The van der Waals surface area contributed by atoms with E-state index in [9.17, 15) is 0 Å². The highest BCUT2D eigenvalue weighted by Gasteiger charge is 2.08. The SMILES string of the molecule is Cc1ccccc1N(C)Cc1sccc1C#CCO. The van der Waals surface area contributed by atoms with Crippen LogP contribution in [0.5, 0.6) is 0 Å². The van der Waals surface area contributed by atoms with Crippen molar-refractivity contribution in [2.24, 2.45) is 0 Å². The molecule has 0 unspecified atom stereocenters. The lowest BCUT2D eigenvalue weighted by Gasteiger charge is -2.20. The standard InChI is InChI=1S/C16H17NOS/c1-13-6-3-4-8-15(13)17(2)12-16-14(7-5-10-18)9-11-19-16/h3-4,6,8-9,11,18H,10,12H2,1-2H3. The third kappa shape index (κ3) is 3.37. The summed E-state index contributed by atoms with van der Waals surface area (Å²) in [6.45, 7) is 2.85. The molecule has 2 rings (SSSR count). The molecule has 3 heteroatoms. The van der Waals surface area contributed by atoms with E-state index in [1.807, 2.05) is 11.4 Å². The predicted octanol–water partition coefficient (Wildman–Crippen LogP) is 3.04. The molecule has 0 amide bonds. The van der Waals surface area contributed by atoms with Crippen LogP contribution < -0.4 is 4.90 Å². The Labute approximate surface area is 118 Å². The number of nitrogens with zero attached hydrogens (tertiary/aromatic N) is 1. The molecule has 19 heavy (non-hydrogen) atoms. The molecule has 0 bridgehead atoms. The Hall–Kier alpha value is -1.76. The van der Waals surface area contributed by atoms with Crippen LogP contribution in [0.2, 0.25) is 0 Å². The molecular formula is C16H17NOS. The van der Waals surface area contributed by atoms with Crippen molar-refractivity contribution >= 4 is 17.0 Å². The first-order valence-electron chi connectivity index (χ1n) is 6.15. The van der Waals surface area contributed by atoms with Crippen LogP contribution in [0, 0.1) is 18.8 Å². The molecule has 1 aromatic carbocycles. The molecule has 0 atom stereocenters. The van der Waals surface area contributed by atoms with Gasteiger partial charge in [-0.15, -0.1) is 11.3 Å². The number of thiophene rings is 1. The van der Waals surface area contributed by atoms with Crippen molar-refractivity contribution in [1.82, 2.24) is 0 Å². The summed E-state index contributed by atoms with van der Waals surface area (Å²) in [7, 11) is 2.09. The van der Waals surface area contributed by atoms with Gasteiger partial charge < -0.3 is 10.0 Å². The highest BCUT2D eigenvalue weighted by molar-refractivity contribution is 7.10. The van der Waals surface area contributed by atoms with Crippen LogP contribution in [0.25, 0.3) is 0 Å². The molecule has 0 spiro atoms. The van der Waals surface area contributed by atoms with Crippen molar-refractivity contribution in [3.05, 3.63) is 51.7 Å². The number of para-hydroxylation sites is 1. The van der Waals surface area contributed by atoms with E-state index in [4.69, 9.17) is 5.11 Å². The number of benzene rings is 1. The Morgan fingerprint density at radius 3 is 2.79 bits per heavy atom. The lowest BCUT2D eigenvalue weighted by molar-refractivity contribution is 0.350. The molecule has 1 N–H and O–H groups in total. The van der Waals surface area contributed by atoms with Gasteiger partial charge in [0, 0.05) is 23.2 Å². The molecule has 0 fully saturated rings. The summed E-state index contributed by atoms with van der Waals surface area (Å²) in [5.41, 5.74) is 3.51. The maximum absolute atomic E-state index is 8.77. The molecule has 1 aromatic heterocycles. The van der Waals surface area contributed by atoms with Gasteiger partial charge in [-0.05, 0) is 30.0 Å². The molecular weight excluding hydrogens is 254 g/mol. The molecule has 0 saturated heterocycles. The van der Waals surface area contributed by atoms with Gasteiger partial charge in [0.05, 0.1) is 6.54 Å². The Bertz CT molecular complexity index is 606. The number of aliphatic hydroxyl groups is 1. The summed E-state index contributed by atoms with van der Waals surface area (Å²) in [4.78, 5) is 3.46. The number of anilines is 1.